The first-order valence-corrected chi connectivity index (χ1v) is 21.0. The number of nitrogens with two attached hydrogens (primary N) is 2. The van der Waals surface area contributed by atoms with Crippen LogP contribution in [0.5, 0.6) is 0 Å². The van der Waals surface area contributed by atoms with Crippen LogP contribution in [-0.4, -0.2) is 138 Å². The van der Waals surface area contributed by atoms with Crippen molar-refractivity contribution in [3.05, 3.63) is 71.8 Å². The monoisotopic (exact) mass is 882 g/mol. The van der Waals surface area contributed by atoms with Gasteiger partial charge in [0.1, 0.15) is 36.3 Å². The minimum atomic E-state index is -1.29. The van der Waals surface area contributed by atoms with Gasteiger partial charge >= 0.3 is 5.97 Å². The fourth-order valence-electron chi connectivity index (χ4n) is 6.54. The number of benzene rings is 2. The quantitative estimate of drug-likeness (QED) is 0.0357. The minimum Gasteiger partial charge on any atom is -0.480 e. The van der Waals surface area contributed by atoms with Crippen LogP contribution in [0.25, 0.3) is 0 Å². The highest BCUT2D eigenvalue weighted by Gasteiger charge is 2.39. The van der Waals surface area contributed by atoms with Crippen molar-refractivity contribution in [3.63, 3.8) is 0 Å². The van der Waals surface area contributed by atoms with E-state index in [1.165, 1.54) is 11.8 Å². The summed E-state index contributed by atoms with van der Waals surface area (Å²) in [5.41, 5.74) is 12.3. The molecule has 338 valence electrons. The number of aliphatic carboxylic acids is 1. The zero-order valence-corrected chi connectivity index (χ0v) is 35.5. The molecular weight excluding hydrogens is 825 g/mol. The smallest absolute Gasteiger partial charge is 0.326 e. The van der Waals surface area contributed by atoms with Crippen molar-refractivity contribution < 1.29 is 48.3 Å². The highest BCUT2D eigenvalue weighted by atomic mass is 32.1. The Balaban J connectivity index is 1.55. The molecule has 2 aromatic rings. The van der Waals surface area contributed by atoms with E-state index in [0.29, 0.717) is 36.9 Å². The van der Waals surface area contributed by atoms with Gasteiger partial charge in [-0.15, -0.1) is 0 Å². The predicted octanol–water partition coefficient (Wildman–Crippen LogP) is -2.76. The molecule has 12 N–H and O–H groups in total. The Morgan fingerprint density at radius 2 is 1.29 bits per heavy atom. The van der Waals surface area contributed by atoms with Crippen LogP contribution in [0.2, 0.25) is 0 Å². The summed E-state index contributed by atoms with van der Waals surface area (Å²) in [5, 5.41) is 27.3. The van der Waals surface area contributed by atoms with Gasteiger partial charge in [-0.1, -0.05) is 60.7 Å². The van der Waals surface area contributed by atoms with E-state index in [1.807, 2.05) is 0 Å². The molecule has 0 saturated carbocycles. The van der Waals surface area contributed by atoms with E-state index in [4.69, 9.17) is 11.5 Å². The maximum atomic E-state index is 13.8. The fourth-order valence-corrected chi connectivity index (χ4v) is 6.79. The third-order valence-electron chi connectivity index (χ3n) is 9.87. The van der Waals surface area contributed by atoms with Crippen LogP contribution in [0, 0.1) is 0 Å². The molecule has 0 aliphatic carbocycles. The molecular formula is C41H58N10O10S. The molecule has 1 saturated heterocycles. The summed E-state index contributed by atoms with van der Waals surface area (Å²) < 4.78 is 0. The van der Waals surface area contributed by atoms with E-state index in [2.05, 4.69) is 49.8 Å². The van der Waals surface area contributed by atoms with Crippen molar-refractivity contribution in [2.45, 2.75) is 88.1 Å². The zero-order chi connectivity index (χ0) is 45.6. The van der Waals surface area contributed by atoms with Crippen molar-refractivity contribution >= 4 is 65.9 Å². The SMILES string of the molecule is C[C@H](NC(=O)CN)C(=O)N[C@@H](CCCCN)C(=O)N1CCC[C@H]1C(=O)N[C@@H](CS)C(=O)NCC(=O)NCC(=O)N[C@@H](Cc1ccccc1)C(=O)N[C@@H](Cc1ccccc1)C(=O)O. The van der Waals surface area contributed by atoms with Crippen LogP contribution in [0.3, 0.4) is 0 Å². The van der Waals surface area contributed by atoms with Crippen molar-refractivity contribution in [1.29, 1.82) is 0 Å². The third kappa shape index (κ3) is 16.8. The van der Waals surface area contributed by atoms with Crippen LogP contribution >= 0.6 is 12.6 Å². The van der Waals surface area contributed by atoms with Crippen molar-refractivity contribution in [3.8, 4) is 0 Å². The molecule has 20 nitrogen and oxygen atoms in total. The highest BCUT2D eigenvalue weighted by molar-refractivity contribution is 7.80. The Kier molecular flexibility index (Phi) is 21.3. The van der Waals surface area contributed by atoms with Crippen molar-refractivity contribution in [2.24, 2.45) is 11.5 Å². The second-order valence-electron chi connectivity index (χ2n) is 14.7. The summed E-state index contributed by atoms with van der Waals surface area (Å²) in [5.74, 6) is -6.83. The van der Waals surface area contributed by atoms with Gasteiger partial charge in [0.2, 0.25) is 47.3 Å². The Morgan fingerprint density at radius 3 is 1.87 bits per heavy atom. The van der Waals surface area contributed by atoms with Crippen molar-refractivity contribution in [1.82, 2.24) is 42.1 Å². The summed E-state index contributed by atoms with van der Waals surface area (Å²) in [4.78, 5) is 117. The summed E-state index contributed by atoms with van der Waals surface area (Å²) in [6, 6.07) is 10.8. The number of carboxylic acids is 1. The van der Waals surface area contributed by atoms with Crippen LogP contribution < -0.4 is 48.7 Å². The number of nitrogens with zero attached hydrogens (tertiary/aromatic N) is 1. The van der Waals surface area contributed by atoms with Crippen LogP contribution in [0.1, 0.15) is 50.2 Å². The van der Waals surface area contributed by atoms with Crippen molar-refractivity contribution in [2.75, 3.05) is 38.5 Å². The van der Waals surface area contributed by atoms with E-state index in [0.717, 1.165) is 0 Å². The first-order chi connectivity index (χ1) is 29.7. The molecule has 0 aromatic heterocycles. The summed E-state index contributed by atoms with van der Waals surface area (Å²) in [6.07, 6.45) is 2.06. The number of unbranched alkanes of at least 4 members (excludes halogenated alkanes) is 1. The van der Waals surface area contributed by atoms with Gasteiger partial charge in [0.25, 0.3) is 0 Å². The Bertz CT molecular complexity index is 1860. The third-order valence-corrected chi connectivity index (χ3v) is 10.2. The Labute approximate surface area is 365 Å². The second-order valence-corrected chi connectivity index (χ2v) is 15.0. The number of thiol groups is 1. The molecule has 0 bridgehead atoms. The van der Waals surface area contributed by atoms with E-state index in [1.54, 1.807) is 60.7 Å². The first-order valence-electron chi connectivity index (χ1n) is 20.3. The normalized spacial score (nSPS) is 15.7. The van der Waals surface area contributed by atoms with E-state index in [9.17, 15) is 48.3 Å². The van der Waals surface area contributed by atoms with Gasteiger partial charge in [-0.25, -0.2) is 4.79 Å². The number of hydrogen-bond donors (Lipinski definition) is 11. The second kappa shape index (κ2) is 26.3. The van der Waals surface area contributed by atoms with Gasteiger partial charge in [-0.2, -0.15) is 12.6 Å². The molecule has 3 rings (SSSR count). The van der Waals surface area contributed by atoms with Crippen LogP contribution in [0.4, 0.5) is 0 Å². The molecule has 0 unspecified atom stereocenters. The molecule has 8 amide bonds. The molecule has 1 fully saturated rings. The minimum absolute atomic E-state index is 0.00317. The number of rotatable bonds is 25. The number of amides is 8. The molecule has 0 radical (unpaired) electrons. The van der Waals surface area contributed by atoms with Gasteiger partial charge < -0.3 is 58.7 Å². The highest BCUT2D eigenvalue weighted by Crippen LogP contribution is 2.20. The van der Waals surface area contributed by atoms with Gasteiger partial charge in [0.05, 0.1) is 19.6 Å². The predicted molar refractivity (Wildman–Crippen MR) is 230 cm³/mol. The van der Waals surface area contributed by atoms with E-state index in [-0.39, 0.29) is 44.5 Å². The Morgan fingerprint density at radius 1 is 0.694 bits per heavy atom. The molecule has 62 heavy (non-hydrogen) atoms. The lowest BCUT2D eigenvalue weighted by Gasteiger charge is -2.30. The van der Waals surface area contributed by atoms with E-state index >= 15 is 0 Å². The number of carbonyl (C=O) groups excluding carboxylic acids is 8. The van der Waals surface area contributed by atoms with Gasteiger partial charge in [0, 0.05) is 25.1 Å². The number of carbonyl (C=O) groups is 9. The number of hydrogen-bond acceptors (Lipinski definition) is 12. The maximum Gasteiger partial charge on any atom is 0.326 e. The standard InChI is InChI=1S/C41H58N10O10S/c1-25(46-33(52)21-43)36(55)48-28(15-8-9-17-42)40(59)51-18-10-16-32(51)39(58)50-31(24-62)37(56)45-22-34(53)44-23-35(54)47-29(19-26-11-4-2-5-12-26)38(57)49-30(41(60)61)20-27-13-6-3-7-14-27/h2-7,11-14,25,28-32,62H,8-10,15-24,42-43H2,1H3,(H,44,53)(H,45,56)(H,46,52)(H,47,54)(H,48,55)(H,49,57)(H,50,58)(H,60,61)/t25-,28-,29-,30-,31-,32-/m0/s1. The summed E-state index contributed by atoms with van der Waals surface area (Å²) in [6.45, 7) is 0.504. The fraction of sp³-hybridized carbons (Fsp3) is 0.488. The molecule has 6 atom stereocenters. The average Bonchev–Trinajstić information content (AvgIpc) is 3.76. The Hall–Kier alpha value is -6.06. The lowest BCUT2D eigenvalue weighted by Crippen LogP contribution is -2.58. The van der Waals surface area contributed by atoms with Gasteiger partial charge in [-0.3, -0.25) is 38.4 Å². The van der Waals surface area contributed by atoms with Crippen LogP contribution in [-0.2, 0) is 56.0 Å². The van der Waals surface area contributed by atoms with Gasteiger partial charge in [-0.05, 0) is 56.7 Å². The molecule has 1 aliphatic rings. The number of nitrogens with one attached hydrogen (secondary N) is 7. The average molecular weight is 883 g/mol. The molecule has 2 aromatic carbocycles. The summed E-state index contributed by atoms with van der Waals surface area (Å²) >= 11 is 4.19. The van der Waals surface area contributed by atoms with E-state index < -0.39 is 103 Å². The molecule has 1 heterocycles. The largest absolute Gasteiger partial charge is 0.480 e. The topological polar surface area (TPSA) is 313 Å². The molecule has 1 aliphatic heterocycles. The molecule has 0 spiro atoms. The lowest BCUT2D eigenvalue weighted by atomic mass is 10.0. The van der Waals surface area contributed by atoms with Gasteiger partial charge in [0.15, 0.2) is 0 Å². The first kappa shape index (κ1) is 50.3. The molecule has 21 heteroatoms. The lowest BCUT2D eigenvalue weighted by molar-refractivity contribution is -0.142. The number of carboxylic acid groups (broad SMARTS) is 1. The van der Waals surface area contributed by atoms with Crippen LogP contribution in [0.15, 0.2) is 60.7 Å². The maximum absolute atomic E-state index is 13.8. The summed E-state index contributed by atoms with van der Waals surface area (Å²) in [7, 11) is 0. The number of likely N-dealkylation sites (tertiary alicyclic amines) is 1. The zero-order valence-electron chi connectivity index (χ0n) is 34.6.